The number of rotatable bonds is 6. The smallest absolute Gasteiger partial charge is 0.254 e. The Balaban J connectivity index is 1.55. The Morgan fingerprint density at radius 3 is 2.77 bits per heavy atom. The average Bonchev–Trinajstić information content (AvgIpc) is 3.10. The van der Waals surface area contributed by atoms with Crippen molar-refractivity contribution in [3.63, 3.8) is 0 Å². The normalized spacial score (nSPS) is 10.7. The van der Waals surface area contributed by atoms with Crippen molar-refractivity contribution in [2.75, 3.05) is 13.6 Å². The third-order valence-electron chi connectivity index (χ3n) is 4.14. The number of amides is 1. The molecular weight excluding hydrogens is 444 g/mol. The minimum absolute atomic E-state index is 0.0278. The third-order valence-corrected chi connectivity index (χ3v) is 5.08. The van der Waals surface area contributed by atoms with Gasteiger partial charge in [-0.3, -0.25) is 9.89 Å². The maximum atomic E-state index is 13.3. The molecule has 26 heavy (non-hydrogen) atoms. The molecule has 0 atom stereocenters. The number of nitrogens with one attached hydrogen (secondary N) is 1. The van der Waals surface area contributed by atoms with Crippen molar-refractivity contribution in [1.82, 2.24) is 15.1 Å². The van der Waals surface area contributed by atoms with Crippen molar-refractivity contribution >= 4 is 28.5 Å². The van der Waals surface area contributed by atoms with E-state index < -0.39 is 0 Å². The van der Waals surface area contributed by atoms with Crippen LogP contribution in [0.2, 0.25) is 0 Å². The number of aryl methyl sites for hydroxylation is 1. The number of nitrogens with zero attached hydrogens (tertiary/aromatic N) is 2. The van der Waals surface area contributed by atoms with Crippen molar-refractivity contribution in [3.8, 4) is 11.3 Å². The summed E-state index contributed by atoms with van der Waals surface area (Å²) in [7, 11) is 1.82. The maximum absolute atomic E-state index is 13.3. The highest BCUT2D eigenvalue weighted by Gasteiger charge is 2.14. The van der Waals surface area contributed by atoms with Crippen LogP contribution in [-0.2, 0) is 6.42 Å². The molecule has 3 rings (SSSR count). The zero-order chi connectivity index (χ0) is 18.5. The lowest BCUT2D eigenvalue weighted by Gasteiger charge is -2.17. The zero-order valence-corrected chi connectivity index (χ0v) is 16.5. The number of hydrogen-bond acceptors (Lipinski definition) is 2. The quantitative estimate of drug-likeness (QED) is 0.547. The Labute approximate surface area is 165 Å². The SMILES string of the molecule is CN(CCCc1cc(-c2cccc(F)c2)n[nH]1)C(=O)c1ccccc1I. The first-order valence-electron chi connectivity index (χ1n) is 8.35. The van der Waals surface area contributed by atoms with Crippen molar-refractivity contribution in [2.45, 2.75) is 12.8 Å². The highest BCUT2D eigenvalue weighted by atomic mass is 127. The summed E-state index contributed by atoms with van der Waals surface area (Å²) in [5.41, 5.74) is 3.17. The van der Waals surface area contributed by atoms with Gasteiger partial charge in [0.2, 0.25) is 0 Å². The highest BCUT2D eigenvalue weighted by Crippen LogP contribution is 2.19. The molecule has 0 unspecified atom stereocenters. The molecule has 134 valence electrons. The van der Waals surface area contributed by atoms with Crippen LogP contribution in [-0.4, -0.2) is 34.6 Å². The van der Waals surface area contributed by atoms with E-state index >= 15 is 0 Å². The van der Waals surface area contributed by atoms with E-state index in [1.165, 1.54) is 12.1 Å². The molecule has 0 saturated heterocycles. The van der Waals surface area contributed by atoms with Gasteiger partial charge in [0.15, 0.2) is 0 Å². The van der Waals surface area contributed by atoms with E-state index in [1.807, 2.05) is 43.4 Å². The average molecular weight is 463 g/mol. The van der Waals surface area contributed by atoms with Crippen LogP contribution in [0.1, 0.15) is 22.5 Å². The summed E-state index contributed by atoms with van der Waals surface area (Å²) in [4.78, 5) is 14.2. The first kappa shape index (κ1) is 18.6. The number of benzene rings is 2. The molecule has 0 bridgehead atoms. The fourth-order valence-corrected chi connectivity index (χ4v) is 3.35. The second kappa shape index (κ2) is 8.44. The lowest BCUT2D eigenvalue weighted by Crippen LogP contribution is -2.28. The summed E-state index contributed by atoms with van der Waals surface area (Å²) in [6.45, 7) is 0.651. The van der Waals surface area contributed by atoms with Gasteiger partial charge in [0.1, 0.15) is 5.82 Å². The number of aromatic amines is 1. The van der Waals surface area contributed by atoms with E-state index in [2.05, 4.69) is 32.8 Å². The van der Waals surface area contributed by atoms with Crippen LogP contribution < -0.4 is 0 Å². The predicted molar refractivity (Wildman–Crippen MR) is 108 cm³/mol. The highest BCUT2D eigenvalue weighted by molar-refractivity contribution is 14.1. The number of hydrogen-bond donors (Lipinski definition) is 1. The Morgan fingerprint density at radius 2 is 2.00 bits per heavy atom. The summed E-state index contributed by atoms with van der Waals surface area (Å²) in [5, 5.41) is 7.24. The molecule has 1 amide bonds. The van der Waals surface area contributed by atoms with Gasteiger partial charge in [-0.1, -0.05) is 24.3 Å². The summed E-state index contributed by atoms with van der Waals surface area (Å²) in [6.07, 6.45) is 1.59. The fourth-order valence-electron chi connectivity index (χ4n) is 2.73. The topological polar surface area (TPSA) is 49.0 Å². The largest absolute Gasteiger partial charge is 0.342 e. The molecule has 1 heterocycles. The monoisotopic (exact) mass is 463 g/mol. The maximum Gasteiger partial charge on any atom is 0.254 e. The molecule has 0 radical (unpaired) electrons. The lowest BCUT2D eigenvalue weighted by molar-refractivity contribution is 0.0792. The third kappa shape index (κ3) is 4.49. The molecule has 3 aromatic rings. The summed E-state index contributed by atoms with van der Waals surface area (Å²) in [5.74, 6) is -0.247. The van der Waals surface area contributed by atoms with Crippen LogP contribution in [0.25, 0.3) is 11.3 Å². The van der Waals surface area contributed by atoms with Gasteiger partial charge >= 0.3 is 0 Å². The molecule has 0 aliphatic carbocycles. The number of H-pyrrole nitrogens is 1. The van der Waals surface area contributed by atoms with Crippen molar-refractivity contribution in [1.29, 1.82) is 0 Å². The van der Waals surface area contributed by atoms with Gasteiger partial charge in [0, 0.05) is 28.4 Å². The van der Waals surface area contributed by atoms with Crippen LogP contribution >= 0.6 is 22.6 Å². The number of carbonyl (C=O) groups excluding carboxylic acids is 1. The molecule has 4 nitrogen and oxygen atoms in total. The van der Waals surface area contributed by atoms with Crippen LogP contribution in [0.5, 0.6) is 0 Å². The Hall–Kier alpha value is -2.22. The minimum Gasteiger partial charge on any atom is -0.342 e. The molecule has 0 aliphatic heterocycles. The molecule has 0 aliphatic rings. The molecular formula is C20H19FIN3O. The van der Waals surface area contributed by atoms with Crippen molar-refractivity contribution in [2.24, 2.45) is 0 Å². The van der Waals surface area contributed by atoms with Gasteiger partial charge in [0.25, 0.3) is 5.91 Å². The minimum atomic E-state index is -0.275. The second-order valence-corrected chi connectivity index (χ2v) is 7.26. The van der Waals surface area contributed by atoms with E-state index in [1.54, 1.807) is 11.0 Å². The van der Waals surface area contributed by atoms with Gasteiger partial charge < -0.3 is 4.90 Å². The number of aromatic nitrogens is 2. The van der Waals surface area contributed by atoms with E-state index in [0.717, 1.165) is 38.9 Å². The predicted octanol–water partition coefficient (Wildman–Crippen LogP) is 4.53. The number of halogens is 2. The Bertz CT molecular complexity index is 909. The molecule has 0 fully saturated rings. The molecule has 1 N–H and O–H groups in total. The first-order valence-corrected chi connectivity index (χ1v) is 9.42. The molecule has 1 aromatic heterocycles. The van der Waals surface area contributed by atoms with Crippen LogP contribution in [0.4, 0.5) is 4.39 Å². The van der Waals surface area contributed by atoms with Crippen LogP contribution in [0, 0.1) is 9.39 Å². The molecule has 2 aromatic carbocycles. The van der Waals surface area contributed by atoms with Gasteiger partial charge in [-0.15, -0.1) is 0 Å². The molecule has 0 spiro atoms. The van der Waals surface area contributed by atoms with Gasteiger partial charge in [-0.2, -0.15) is 5.10 Å². The fraction of sp³-hybridized carbons (Fsp3) is 0.200. The molecule has 6 heteroatoms. The summed E-state index contributed by atoms with van der Waals surface area (Å²) < 4.78 is 14.3. The Morgan fingerprint density at radius 1 is 1.19 bits per heavy atom. The van der Waals surface area contributed by atoms with E-state index in [9.17, 15) is 9.18 Å². The zero-order valence-electron chi connectivity index (χ0n) is 14.4. The van der Waals surface area contributed by atoms with E-state index in [-0.39, 0.29) is 11.7 Å². The van der Waals surface area contributed by atoms with Crippen molar-refractivity contribution in [3.05, 3.63) is 75.2 Å². The standard InChI is InChI=1S/C20H19FIN3O/c1-25(20(26)17-9-2-3-10-18(17)22)11-5-8-16-13-19(24-23-16)14-6-4-7-15(21)12-14/h2-4,6-7,9-10,12-13H,5,8,11H2,1H3,(H,23,24). The van der Waals surface area contributed by atoms with Gasteiger partial charge in [0.05, 0.1) is 11.3 Å². The second-order valence-electron chi connectivity index (χ2n) is 6.10. The Kier molecular flexibility index (Phi) is 6.03. The summed E-state index contributed by atoms with van der Waals surface area (Å²) >= 11 is 2.18. The van der Waals surface area contributed by atoms with Crippen LogP contribution in [0.3, 0.4) is 0 Å². The first-order chi connectivity index (χ1) is 12.5. The van der Waals surface area contributed by atoms with Gasteiger partial charge in [-0.25, -0.2) is 4.39 Å². The van der Waals surface area contributed by atoms with Crippen molar-refractivity contribution < 1.29 is 9.18 Å². The summed E-state index contributed by atoms with van der Waals surface area (Å²) in [6, 6.07) is 15.9. The molecule has 0 saturated carbocycles. The van der Waals surface area contributed by atoms with Gasteiger partial charge in [-0.05, 0) is 65.8 Å². The van der Waals surface area contributed by atoms with Crippen LogP contribution in [0.15, 0.2) is 54.6 Å². The number of carbonyl (C=O) groups is 1. The van der Waals surface area contributed by atoms with E-state index in [4.69, 9.17) is 0 Å². The van der Waals surface area contributed by atoms with E-state index in [0.29, 0.717) is 6.54 Å². The lowest BCUT2D eigenvalue weighted by atomic mass is 10.1.